The van der Waals surface area contributed by atoms with Gasteiger partial charge in [-0.2, -0.15) is 13.2 Å². The summed E-state index contributed by atoms with van der Waals surface area (Å²) in [6.45, 7) is 1.69. The molecule has 0 bridgehead atoms. The number of halogens is 4. The van der Waals surface area contributed by atoms with Crippen molar-refractivity contribution in [3.05, 3.63) is 44.6 Å². The molecular weight excluding hydrogens is 329 g/mol. The van der Waals surface area contributed by atoms with Gasteiger partial charge in [-0.1, -0.05) is 11.6 Å². The minimum atomic E-state index is -4.53. The summed E-state index contributed by atoms with van der Waals surface area (Å²) in [5.74, 6) is -1.34. The molecule has 112 valence electrons. The van der Waals surface area contributed by atoms with E-state index in [1.54, 1.807) is 6.92 Å². The molecule has 0 aliphatic rings. The predicted molar refractivity (Wildman–Crippen MR) is 72.1 cm³/mol. The van der Waals surface area contributed by atoms with Crippen molar-refractivity contribution in [1.29, 1.82) is 0 Å². The Morgan fingerprint density at radius 1 is 1.33 bits per heavy atom. The van der Waals surface area contributed by atoms with Gasteiger partial charge in [-0.15, -0.1) is 11.3 Å². The highest BCUT2D eigenvalue weighted by Gasteiger charge is 2.31. The topological polar surface area (TPSA) is 46.5 Å². The summed E-state index contributed by atoms with van der Waals surface area (Å²) >= 11 is 6.68. The lowest BCUT2D eigenvalue weighted by Crippen LogP contribution is -2.09. The molecule has 0 atom stereocenters. The first-order chi connectivity index (χ1) is 9.68. The molecule has 0 fully saturated rings. The van der Waals surface area contributed by atoms with E-state index in [4.69, 9.17) is 16.3 Å². The van der Waals surface area contributed by atoms with Crippen molar-refractivity contribution in [3.63, 3.8) is 0 Å². The molecule has 1 aromatic carbocycles. The smallest absolute Gasteiger partial charge is 0.416 e. The first-order valence-electron chi connectivity index (χ1n) is 5.57. The van der Waals surface area contributed by atoms with Crippen LogP contribution in [0.1, 0.15) is 20.1 Å². The molecule has 1 heterocycles. The third-order valence-electron chi connectivity index (χ3n) is 2.48. The second-order valence-corrected chi connectivity index (χ2v) is 5.77. The maximum atomic E-state index is 12.5. The average Bonchev–Trinajstić information content (AvgIpc) is 2.69. The molecule has 21 heavy (non-hydrogen) atoms. The van der Waals surface area contributed by atoms with Crippen molar-refractivity contribution in [3.8, 4) is 11.5 Å². The summed E-state index contributed by atoms with van der Waals surface area (Å²) < 4.78 is 42.4. The highest BCUT2D eigenvalue weighted by atomic mass is 35.5. The van der Waals surface area contributed by atoms with Crippen molar-refractivity contribution >= 4 is 28.9 Å². The standard InChI is InChI=1S/C13H8ClF3O3S/c1-6-4-9(18)11(21-6)12(19)20-10-3-2-7(5-8(10)14)13(15,16)17/h2-5,18H,1H3. The maximum Gasteiger partial charge on any atom is 0.416 e. The second kappa shape index (κ2) is 5.57. The Kier molecular flexibility index (Phi) is 4.15. The molecule has 0 saturated carbocycles. The lowest BCUT2D eigenvalue weighted by atomic mass is 10.2. The van der Waals surface area contributed by atoms with Crippen LogP contribution < -0.4 is 4.74 Å². The van der Waals surface area contributed by atoms with Crippen LogP contribution >= 0.6 is 22.9 Å². The van der Waals surface area contributed by atoms with E-state index in [1.165, 1.54) is 6.07 Å². The molecule has 8 heteroatoms. The Labute approximate surface area is 126 Å². The van der Waals surface area contributed by atoms with E-state index < -0.39 is 17.7 Å². The molecule has 3 nitrogen and oxygen atoms in total. The molecule has 2 rings (SSSR count). The SMILES string of the molecule is Cc1cc(O)c(C(=O)Oc2ccc(C(F)(F)F)cc2Cl)s1. The van der Waals surface area contributed by atoms with Crippen LogP contribution in [0.2, 0.25) is 5.02 Å². The van der Waals surface area contributed by atoms with Gasteiger partial charge in [-0.05, 0) is 31.2 Å². The number of thiophene rings is 1. The largest absolute Gasteiger partial charge is 0.506 e. The molecular formula is C13H8ClF3O3S. The quantitative estimate of drug-likeness (QED) is 0.641. The molecule has 0 aliphatic heterocycles. The summed E-state index contributed by atoms with van der Waals surface area (Å²) in [6.07, 6.45) is -4.53. The van der Waals surface area contributed by atoms with Gasteiger partial charge < -0.3 is 9.84 Å². The van der Waals surface area contributed by atoms with Gasteiger partial charge >= 0.3 is 12.1 Å². The summed E-state index contributed by atoms with van der Waals surface area (Å²) in [7, 11) is 0. The maximum absolute atomic E-state index is 12.5. The van der Waals surface area contributed by atoms with E-state index >= 15 is 0 Å². The van der Waals surface area contributed by atoms with E-state index in [1.807, 2.05) is 0 Å². The van der Waals surface area contributed by atoms with Crippen molar-refractivity contribution in [1.82, 2.24) is 0 Å². The van der Waals surface area contributed by atoms with Gasteiger partial charge in [0.25, 0.3) is 0 Å². The highest BCUT2D eigenvalue weighted by Crippen LogP contribution is 2.36. The van der Waals surface area contributed by atoms with Gasteiger partial charge in [0.05, 0.1) is 10.6 Å². The molecule has 0 radical (unpaired) electrons. The van der Waals surface area contributed by atoms with Crippen LogP contribution in [-0.2, 0) is 6.18 Å². The minimum absolute atomic E-state index is 0.0385. The van der Waals surface area contributed by atoms with Crippen molar-refractivity contribution in [2.75, 3.05) is 0 Å². The summed E-state index contributed by atoms with van der Waals surface area (Å²) in [5.41, 5.74) is -0.942. The number of aromatic hydroxyl groups is 1. The predicted octanol–water partition coefficient (Wildman–Crippen LogP) is 4.65. The molecule has 0 spiro atoms. The third-order valence-corrected chi connectivity index (χ3v) is 3.80. The average molecular weight is 337 g/mol. The number of carbonyl (C=O) groups excluding carboxylic acids is 1. The second-order valence-electron chi connectivity index (χ2n) is 4.10. The van der Waals surface area contributed by atoms with Gasteiger partial charge in [0.2, 0.25) is 0 Å². The number of hydrogen-bond acceptors (Lipinski definition) is 4. The number of ether oxygens (including phenoxy) is 1. The third kappa shape index (κ3) is 3.48. The Balaban J connectivity index is 2.24. The number of hydrogen-bond donors (Lipinski definition) is 1. The van der Waals surface area contributed by atoms with Crippen LogP contribution in [0.4, 0.5) is 13.2 Å². The summed E-state index contributed by atoms with van der Waals surface area (Å²) in [5, 5.41) is 9.19. The van der Waals surface area contributed by atoms with Crippen LogP contribution in [0.5, 0.6) is 11.5 Å². The molecule has 0 amide bonds. The fourth-order valence-corrected chi connectivity index (χ4v) is 2.55. The van der Waals surface area contributed by atoms with Gasteiger partial charge in [0.15, 0.2) is 4.88 Å². The first kappa shape index (κ1) is 15.7. The summed E-state index contributed by atoms with van der Waals surface area (Å²) in [6, 6.07) is 3.77. The lowest BCUT2D eigenvalue weighted by molar-refractivity contribution is -0.137. The van der Waals surface area contributed by atoms with Gasteiger partial charge in [0.1, 0.15) is 11.5 Å². The van der Waals surface area contributed by atoms with E-state index in [0.29, 0.717) is 10.9 Å². The molecule has 1 N–H and O–H groups in total. The van der Waals surface area contributed by atoms with Crippen molar-refractivity contribution in [2.45, 2.75) is 13.1 Å². The highest BCUT2D eigenvalue weighted by molar-refractivity contribution is 7.14. The van der Waals surface area contributed by atoms with Gasteiger partial charge in [0, 0.05) is 4.88 Å². The molecule has 1 aromatic heterocycles. The number of aryl methyl sites for hydroxylation is 1. The first-order valence-corrected chi connectivity index (χ1v) is 6.76. The number of alkyl halides is 3. The van der Waals surface area contributed by atoms with E-state index in [-0.39, 0.29) is 21.4 Å². The van der Waals surface area contributed by atoms with Crippen LogP contribution in [0, 0.1) is 6.92 Å². The summed E-state index contributed by atoms with van der Waals surface area (Å²) in [4.78, 5) is 12.5. The fourth-order valence-electron chi connectivity index (χ4n) is 1.55. The van der Waals surface area contributed by atoms with Crippen molar-refractivity contribution < 1.29 is 27.8 Å². The van der Waals surface area contributed by atoms with E-state index in [0.717, 1.165) is 23.5 Å². The fraction of sp³-hybridized carbons (Fsp3) is 0.154. The Morgan fingerprint density at radius 3 is 2.48 bits per heavy atom. The van der Waals surface area contributed by atoms with Crippen LogP contribution in [0.15, 0.2) is 24.3 Å². The normalized spacial score (nSPS) is 11.5. The number of carbonyl (C=O) groups is 1. The van der Waals surface area contributed by atoms with Crippen LogP contribution in [0.25, 0.3) is 0 Å². The number of esters is 1. The van der Waals surface area contributed by atoms with E-state index in [9.17, 15) is 23.1 Å². The Hall–Kier alpha value is -1.73. The molecule has 2 aromatic rings. The zero-order valence-electron chi connectivity index (χ0n) is 10.5. The minimum Gasteiger partial charge on any atom is -0.506 e. The zero-order chi connectivity index (χ0) is 15.8. The van der Waals surface area contributed by atoms with Gasteiger partial charge in [-0.3, -0.25) is 0 Å². The zero-order valence-corrected chi connectivity index (χ0v) is 12.1. The molecule has 0 aliphatic carbocycles. The Bertz CT molecular complexity index is 694. The van der Waals surface area contributed by atoms with E-state index in [2.05, 4.69) is 0 Å². The lowest BCUT2D eigenvalue weighted by Gasteiger charge is -2.09. The molecule has 0 unspecified atom stereocenters. The Morgan fingerprint density at radius 2 is 2.00 bits per heavy atom. The molecule has 0 saturated heterocycles. The number of benzene rings is 1. The van der Waals surface area contributed by atoms with Crippen LogP contribution in [0.3, 0.4) is 0 Å². The monoisotopic (exact) mass is 336 g/mol. The van der Waals surface area contributed by atoms with Crippen LogP contribution in [-0.4, -0.2) is 11.1 Å². The number of rotatable bonds is 2. The van der Waals surface area contributed by atoms with Crippen molar-refractivity contribution in [2.24, 2.45) is 0 Å². The van der Waals surface area contributed by atoms with Gasteiger partial charge in [-0.25, -0.2) is 4.79 Å².